The van der Waals surface area contributed by atoms with Gasteiger partial charge in [-0.05, 0) is 36.8 Å². The molecule has 0 radical (unpaired) electrons. The minimum Gasteiger partial charge on any atom is -0.476 e. The second-order valence-corrected chi connectivity index (χ2v) is 4.20. The van der Waals surface area contributed by atoms with Crippen molar-refractivity contribution in [1.29, 1.82) is 0 Å². The van der Waals surface area contributed by atoms with E-state index in [9.17, 15) is 9.18 Å². The largest absolute Gasteiger partial charge is 0.476 e. The van der Waals surface area contributed by atoms with Crippen molar-refractivity contribution < 1.29 is 19.0 Å². The first-order chi connectivity index (χ1) is 8.97. The van der Waals surface area contributed by atoms with Crippen LogP contribution < -0.4 is 4.74 Å². The summed E-state index contributed by atoms with van der Waals surface area (Å²) in [5.74, 6) is -1.14. The lowest BCUT2D eigenvalue weighted by Crippen LogP contribution is -2.02. The number of aromatic nitrogens is 1. The lowest BCUT2D eigenvalue weighted by atomic mass is 10.2. The van der Waals surface area contributed by atoms with Crippen molar-refractivity contribution in [2.45, 2.75) is 6.92 Å². The maximum absolute atomic E-state index is 12.9. The molecule has 0 saturated carbocycles. The van der Waals surface area contributed by atoms with Crippen LogP contribution in [-0.2, 0) is 0 Å². The third kappa shape index (κ3) is 3.00. The number of hydrogen-bond acceptors (Lipinski definition) is 3. The molecule has 2 aromatic rings. The second kappa shape index (κ2) is 5.24. The van der Waals surface area contributed by atoms with Crippen LogP contribution in [0.25, 0.3) is 0 Å². The Morgan fingerprint density at radius 2 is 2.11 bits per heavy atom. The molecule has 0 fully saturated rings. The minimum absolute atomic E-state index is 0.0238. The first kappa shape index (κ1) is 13.3. The van der Waals surface area contributed by atoms with E-state index in [0.29, 0.717) is 11.3 Å². The van der Waals surface area contributed by atoms with Crippen molar-refractivity contribution in [2.75, 3.05) is 0 Å². The van der Waals surface area contributed by atoms with Crippen molar-refractivity contribution in [3.05, 3.63) is 52.4 Å². The number of carbonyl (C=O) groups is 1. The molecule has 19 heavy (non-hydrogen) atoms. The van der Waals surface area contributed by atoms with Crippen LogP contribution >= 0.6 is 11.6 Å². The van der Waals surface area contributed by atoms with E-state index < -0.39 is 5.97 Å². The third-order valence-corrected chi connectivity index (χ3v) is 2.68. The fourth-order valence-electron chi connectivity index (χ4n) is 1.47. The topological polar surface area (TPSA) is 59.4 Å². The van der Waals surface area contributed by atoms with E-state index in [1.54, 1.807) is 6.92 Å². The summed E-state index contributed by atoms with van der Waals surface area (Å²) >= 11 is 5.70. The van der Waals surface area contributed by atoms with Gasteiger partial charge in [0, 0.05) is 6.07 Å². The fraction of sp³-hybridized carbons (Fsp3) is 0.0769. The summed E-state index contributed by atoms with van der Waals surface area (Å²) in [6.45, 7) is 1.67. The zero-order valence-corrected chi connectivity index (χ0v) is 10.6. The summed E-state index contributed by atoms with van der Waals surface area (Å²) in [4.78, 5) is 14.7. The summed E-state index contributed by atoms with van der Waals surface area (Å²) in [6.07, 6.45) is 0. The maximum atomic E-state index is 12.9. The van der Waals surface area contributed by atoms with Crippen LogP contribution in [0, 0.1) is 12.7 Å². The lowest BCUT2D eigenvalue weighted by Gasteiger charge is -2.08. The quantitative estimate of drug-likeness (QED) is 0.932. The van der Waals surface area contributed by atoms with Crippen molar-refractivity contribution in [2.24, 2.45) is 0 Å². The van der Waals surface area contributed by atoms with Crippen LogP contribution in [0.2, 0.25) is 5.02 Å². The van der Waals surface area contributed by atoms with E-state index in [0.717, 1.165) is 0 Å². The summed E-state index contributed by atoms with van der Waals surface area (Å²) in [7, 11) is 0. The zero-order chi connectivity index (χ0) is 14.0. The summed E-state index contributed by atoms with van der Waals surface area (Å²) in [5, 5.41) is 8.92. The Morgan fingerprint density at radius 1 is 1.37 bits per heavy atom. The van der Waals surface area contributed by atoms with Gasteiger partial charge in [0.1, 0.15) is 11.6 Å². The monoisotopic (exact) mass is 281 g/mol. The van der Waals surface area contributed by atoms with E-state index in [2.05, 4.69) is 4.98 Å². The first-order valence-electron chi connectivity index (χ1n) is 5.31. The van der Waals surface area contributed by atoms with Crippen molar-refractivity contribution in [3.8, 4) is 11.6 Å². The highest BCUT2D eigenvalue weighted by Crippen LogP contribution is 2.26. The SMILES string of the molecule is Cc1cc(F)ccc1Oc1ccc(Cl)c(C(=O)O)n1. The van der Waals surface area contributed by atoms with Crippen LogP contribution in [0.1, 0.15) is 16.1 Å². The van der Waals surface area contributed by atoms with Gasteiger partial charge in [-0.1, -0.05) is 11.6 Å². The molecular weight excluding hydrogens is 273 g/mol. The van der Waals surface area contributed by atoms with Gasteiger partial charge in [-0.25, -0.2) is 14.2 Å². The molecule has 0 atom stereocenters. The smallest absolute Gasteiger partial charge is 0.356 e. The predicted molar refractivity (Wildman–Crippen MR) is 67.4 cm³/mol. The maximum Gasteiger partial charge on any atom is 0.356 e. The van der Waals surface area contributed by atoms with Gasteiger partial charge in [0.15, 0.2) is 5.69 Å². The van der Waals surface area contributed by atoms with Gasteiger partial charge in [0.2, 0.25) is 5.88 Å². The van der Waals surface area contributed by atoms with Gasteiger partial charge in [0.05, 0.1) is 5.02 Å². The van der Waals surface area contributed by atoms with Crippen LogP contribution in [0.5, 0.6) is 11.6 Å². The summed E-state index contributed by atoms with van der Waals surface area (Å²) in [5.41, 5.74) is 0.285. The molecule has 0 aliphatic heterocycles. The van der Waals surface area contributed by atoms with E-state index >= 15 is 0 Å². The molecule has 98 valence electrons. The minimum atomic E-state index is -1.24. The van der Waals surface area contributed by atoms with Gasteiger partial charge < -0.3 is 9.84 Å². The number of nitrogens with zero attached hydrogens (tertiary/aromatic N) is 1. The highest BCUT2D eigenvalue weighted by molar-refractivity contribution is 6.33. The molecule has 0 aliphatic rings. The Morgan fingerprint density at radius 3 is 2.74 bits per heavy atom. The van der Waals surface area contributed by atoms with Crippen LogP contribution in [0.3, 0.4) is 0 Å². The van der Waals surface area contributed by atoms with Gasteiger partial charge in [0.25, 0.3) is 0 Å². The first-order valence-corrected chi connectivity index (χ1v) is 5.69. The molecular formula is C13H9ClFNO3. The molecule has 0 bridgehead atoms. The molecule has 1 aromatic carbocycles. The van der Waals surface area contributed by atoms with Crippen LogP contribution in [0.15, 0.2) is 30.3 Å². The molecule has 1 heterocycles. The average molecular weight is 282 g/mol. The molecule has 2 rings (SSSR count). The van der Waals surface area contributed by atoms with Gasteiger partial charge in [-0.15, -0.1) is 0 Å². The Kier molecular flexibility index (Phi) is 3.66. The third-order valence-electron chi connectivity index (χ3n) is 2.37. The molecule has 0 spiro atoms. The Labute approximate surface area is 113 Å². The molecule has 6 heteroatoms. The van der Waals surface area contributed by atoms with Crippen molar-refractivity contribution in [3.63, 3.8) is 0 Å². The highest BCUT2D eigenvalue weighted by atomic mass is 35.5. The van der Waals surface area contributed by atoms with E-state index in [4.69, 9.17) is 21.4 Å². The van der Waals surface area contributed by atoms with E-state index in [1.807, 2.05) is 0 Å². The second-order valence-electron chi connectivity index (χ2n) is 3.80. The van der Waals surface area contributed by atoms with Crippen LogP contribution in [0.4, 0.5) is 4.39 Å². The number of aryl methyl sites for hydroxylation is 1. The van der Waals surface area contributed by atoms with Gasteiger partial charge >= 0.3 is 5.97 Å². The van der Waals surface area contributed by atoms with Crippen molar-refractivity contribution in [1.82, 2.24) is 4.98 Å². The number of pyridine rings is 1. The van der Waals surface area contributed by atoms with E-state index in [-0.39, 0.29) is 22.4 Å². The number of aromatic carboxylic acids is 1. The summed E-state index contributed by atoms with van der Waals surface area (Å²) in [6, 6.07) is 6.82. The molecule has 1 N–H and O–H groups in total. The predicted octanol–water partition coefficient (Wildman–Crippen LogP) is 3.67. The number of hydrogen-bond donors (Lipinski definition) is 1. The molecule has 0 amide bonds. The zero-order valence-electron chi connectivity index (χ0n) is 9.85. The molecule has 1 aromatic heterocycles. The normalized spacial score (nSPS) is 10.3. The van der Waals surface area contributed by atoms with Crippen LogP contribution in [-0.4, -0.2) is 16.1 Å². The molecule has 4 nitrogen and oxygen atoms in total. The number of carboxylic acids is 1. The Hall–Kier alpha value is -2.14. The van der Waals surface area contributed by atoms with E-state index in [1.165, 1.54) is 30.3 Å². The van der Waals surface area contributed by atoms with Gasteiger partial charge in [-0.3, -0.25) is 0 Å². The molecule has 0 saturated heterocycles. The number of benzene rings is 1. The lowest BCUT2D eigenvalue weighted by molar-refractivity contribution is 0.0690. The molecule has 0 aliphatic carbocycles. The fourth-order valence-corrected chi connectivity index (χ4v) is 1.66. The Balaban J connectivity index is 2.33. The Bertz CT molecular complexity index is 646. The number of ether oxygens (including phenoxy) is 1. The number of rotatable bonds is 3. The molecule has 0 unspecified atom stereocenters. The van der Waals surface area contributed by atoms with Crippen molar-refractivity contribution >= 4 is 17.6 Å². The standard InChI is InChI=1S/C13H9ClFNO3/c1-7-6-8(15)2-4-10(7)19-11-5-3-9(14)12(16-11)13(17)18/h2-6H,1H3,(H,17,18). The number of carboxylic acid groups (broad SMARTS) is 1. The number of halogens is 2. The average Bonchev–Trinajstić information content (AvgIpc) is 2.34. The highest BCUT2D eigenvalue weighted by Gasteiger charge is 2.13. The van der Waals surface area contributed by atoms with Gasteiger partial charge in [-0.2, -0.15) is 0 Å². The summed E-state index contributed by atoms with van der Waals surface area (Å²) < 4.78 is 18.4.